The summed E-state index contributed by atoms with van der Waals surface area (Å²) >= 11 is 0. The Balaban J connectivity index is 2.08. The lowest BCUT2D eigenvalue weighted by Gasteiger charge is -2.23. The molecule has 1 N–H and O–H groups in total. The van der Waals surface area contributed by atoms with Crippen molar-refractivity contribution in [3.63, 3.8) is 0 Å². The zero-order chi connectivity index (χ0) is 14.1. The summed E-state index contributed by atoms with van der Waals surface area (Å²) in [6.07, 6.45) is 0.456. The van der Waals surface area contributed by atoms with Crippen molar-refractivity contribution >= 4 is 15.7 Å². The van der Waals surface area contributed by atoms with Gasteiger partial charge in [0.15, 0.2) is 9.84 Å². The highest BCUT2D eigenvalue weighted by Crippen LogP contribution is 2.23. The van der Waals surface area contributed by atoms with Crippen molar-refractivity contribution in [2.24, 2.45) is 0 Å². The molecule has 1 atom stereocenters. The first-order valence-electron chi connectivity index (χ1n) is 6.01. The third-order valence-corrected chi connectivity index (χ3v) is 5.17. The van der Waals surface area contributed by atoms with Gasteiger partial charge in [-0.25, -0.2) is 8.42 Å². The standard InChI is InChI=1S/C13H17NO4S/c1-13(7-8-19(16,17)9-13)14-12(15)10-3-5-11(18-2)6-4-10/h3-6H,7-9H2,1-2H3,(H,14,15). The van der Waals surface area contributed by atoms with Crippen molar-refractivity contribution in [3.8, 4) is 5.75 Å². The van der Waals surface area contributed by atoms with E-state index in [1.165, 1.54) is 0 Å². The molecule has 6 heteroatoms. The summed E-state index contributed by atoms with van der Waals surface area (Å²) in [6.45, 7) is 1.76. The van der Waals surface area contributed by atoms with Crippen molar-refractivity contribution < 1.29 is 17.9 Å². The van der Waals surface area contributed by atoms with Crippen LogP contribution < -0.4 is 10.1 Å². The second kappa shape index (κ2) is 4.85. The molecule has 1 aromatic rings. The molecule has 5 nitrogen and oxygen atoms in total. The highest BCUT2D eigenvalue weighted by molar-refractivity contribution is 7.91. The Kier molecular flexibility index (Phi) is 3.54. The van der Waals surface area contributed by atoms with Crippen LogP contribution in [0.2, 0.25) is 0 Å². The van der Waals surface area contributed by atoms with Crippen molar-refractivity contribution in [1.82, 2.24) is 5.32 Å². The summed E-state index contributed by atoms with van der Waals surface area (Å²) in [4.78, 5) is 12.1. The zero-order valence-electron chi connectivity index (χ0n) is 11.0. The fourth-order valence-electron chi connectivity index (χ4n) is 2.20. The lowest BCUT2D eigenvalue weighted by Crippen LogP contribution is -2.46. The van der Waals surface area contributed by atoms with Crippen LogP contribution in [0.3, 0.4) is 0 Å². The third-order valence-electron chi connectivity index (χ3n) is 3.27. The lowest BCUT2D eigenvalue weighted by atomic mass is 10.0. The summed E-state index contributed by atoms with van der Waals surface area (Å²) in [7, 11) is -1.47. The van der Waals surface area contributed by atoms with E-state index in [2.05, 4.69) is 5.32 Å². The first-order chi connectivity index (χ1) is 8.84. The predicted octanol–water partition coefficient (Wildman–Crippen LogP) is 1.00. The number of methoxy groups -OCH3 is 1. The van der Waals surface area contributed by atoms with Crippen molar-refractivity contribution in [2.45, 2.75) is 18.9 Å². The lowest BCUT2D eigenvalue weighted by molar-refractivity contribution is 0.0915. The van der Waals surface area contributed by atoms with E-state index < -0.39 is 15.4 Å². The van der Waals surface area contributed by atoms with Gasteiger partial charge in [0.05, 0.1) is 24.2 Å². The molecule has 1 aromatic carbocycles. The van der Waals surface area contributed by atoms with Crippen LogP contribution in [0.1, 0.15) is 23.7 Å². The molecule has 1 aliphatic rings. The largest absolute Gasteiger partial charge is 0.497 e. The van der Waals surface area contributed by atoms with E-state index in [1.54, 1.807) is 38.3 Å². The SMILES string of the molecule is COc1ccc(C(=O)NC2(C)CCS(=O)(=O)C2)cc1. The third kappa shape index (κ3) is 3.26. The molecule has 0 aromatic heterocycles. The molecule has 0 saturated carbocycles. The maximum atomic E-state index is 12.1. The first-order valence-corrected chi connectivity index (χ1v) is 7.83. The molecule has 1 saturated heterocycles. The van der Waals surface area contributed by atoms with Gasteiger partial charge in [0, 0.05) is 5.56 Å². The molecule has 1 aliphatic heterocycles. The Bertz CT molecular complexity index is 579. The molecule has 0 spiro atoms. The molecule has 104 valence electrons. The number of ether oxygens (including phenoxy) is 1. The van der Waals surface area contributed by atoms with Crippen LogP contribution in [0.4, 0.5) is 0 Å². The van der Waals surface area contributed by atoms with E-state index >= 15 is 0 Å². The minimum atomic E-state index is -3.03. The van der Waals surface area contributed by atoms with Crippen molar-refractivity contribution in [3.05, 3.63) is 29.8 Å². The van der Waals surface area contributed by atoms with E-state index in [0.717, 1.165) is 0 Å². The van der Waals surface area contributed by atoms with Crippen LogP contribution in [-0.2, 0) is 9.84 Å². The number of rotatable bonds is 3. The van der Waals surface area contributed by atoms with Crippen LogP contribution in [0, 0.1) is 0 Å². The molecule has 2 rings (SSSR count). The monoisotopic (exact) mass is 283 g/mol. The number of carbonyl (C=O) groups is 1. The highest BCUT2D eigenvalue weighted by Gasteiger charge is 2.39. The van der Waals surface area contributed by atoms with Crippen molar-refractivity contribution in [2.75, 3.05) is 18.6 Å². The van der Waals surface area contributed by atoms with Gasteiger partial charge >= 0.3 is 0 Å². The van der Waals surface area contributed by atoms with Gasteiger partial charge in [0.25, 0.3) is 5.91 Å². The van der Waals surface area contributed by atoms with Gasteiger partial charge in [-0.05, 0) is 37.6 Å². The Morgan fingerprint density at radius 2 is 1.95 bits per heavy atom. The second-order valence-electron chi connectivity index (χ2n) is 5.09. The number of amides is 1. The van der Waals surface area contributed by atoms with Crippen LogP contribution in [-0.4, -0.2) is 38.5 Å². The average molecular weight is 283 g/mol. The molecule has 0 bridgehead atoms. The Hall–Kier alpha value is -1.56. The molecule has 19 heavy (non-hydrogen) atoms. The summed E-state index contributed by atoms with van der Waals surface area (Å²) in [5.41, 5.74) is -0.179. The summed E-state index contributed by atoms with van der Waals surface area (Å²) < 4.78 is 28.0. The van der Waals surface area contributed by atoms with Gasteiger partial charge in [-0.2, -0.15) is 0 Å². The van der Waals surface area contributed by atoms with Gasteiger partial charge in [-0.1, -0.05) is 0 Å². The number of carbonyl (C=O) groups excluding carboxylic acids is 1. The Morgan fingerprint density at radius 3 is 2.42 bits per heavy atom. The molecule has 1 heterocycles. The van der Waals surface area contributed by atoms with Crippen LogP contribution >= 0.6 is 0 Å². The molecule has 1 amide bonds. The Morgan fingerprint density at radius 1 is 1.32 bits per heavy atom. The average Bonchev–Trinajstić information content (AvgIpc) is 2.63. The van der Waals surface area contributed by atoms with Crippen LogP contribution in [0.25, 0.3) is 0 Å². The van der Waals surface area contributed by atoms with E-state index in [-0.39, 0.29) is 17.4 Å². The molecule has 1 unspecified atom stereocenters. The minimum Gasteiger partial charge on any atom is -0.497 e. The minimum absolute atomic E-state index is 0.00188. The van der Waals surface area contributed by atoms with Gasteiger partial charge in [0.2, 0.25) is 0 Å². The molecule has 0 radical (unpaired) electrons. The maximum Gasteiger partial charge on any atom is 0.251 e. The molecular weight excluding hydrogens is 266 g/mol. The maximum absolute atomic E-state index is 12.1. The number of hydrogen-bond donors (Lipinski definition) is 1. The normalized spacial score (nSPS) is 24.9. The number of sulfone groups is 1. The van der Waals surface area contributed by atoms with Gasteiger partial charge in [0.1, 0.15) is 5.75 Å². The molecule has 0 aliphatic carbocycles. The van der Waals surface area contributed by atoms with Gasteiger partial charge < -0.3 is 10.1 Å². The topological polar surface area (TPSA) is 72.5 Å². The fourth-order valence-corrected chi connectivity index (χ4v) is 4.29. The molecule has 1 fully saturated rings. The quantitative estimate of drug-likeness (QED) is 0.898. The van der Waals surface area contributed by atoms with Gasteiger partial charge in [-0.3, -0.25) is 4.79 Å². The van der Waals surface area contributed by atoms with E-state index in [0.29, 0.717) is 17.7 Å². The van der Waals surface area contributed by atoms with Crippen molar-refractivity contribution in [1.29, 1.82) is 0 Å². The second-order valence-corrected chi connectivity index (χ2v) is 7.27. The predicted molar refractivity (Wildman–Crippen MR) is 72.1 cm³/mol. The smallest absolute Gasteiger partial charge is 0.251 e. The summed E-state index contributed by atoms with van der Waals surface area (Å²) in [5, 5.41) is 2.81. The molecular formula is C13H17NO4S. The fraction of sp³-hybridized carbons (Fsp3) is 0.462. The zero-order valence-corrected chi connectivity index (χ0v) is 11.8. The van der Waals surface area contributed by atoms with E-state index in [4.69, 9.17) is 4.74 Å². The first kappa shape index (κ1) is 13.9. The van der Waals surface area contributed by atoms with E-state index in [1.807, 2.05) is 0 Å². The van der Waals surface area contributed by atoms with Gasteiger partial charge in [-0.15, -0.1) is 0 Å². The summed E-state index contributed by atoms with van der Waals surface area (Å²) in [5.74, 6) is 0.544. The number of hydrogen-bond acceptors (Lipinski definition) is 4. The van der Waals surface area contributed by atoms with E-state index in [9.17, 15) is 13.2 Å². The number of benzene rings is 1. The van der Waals surface area contributed by atoms with Crippen LogP contribution in [0.15, 0.2) is 24.3 Å². The summed E-state index contributed by atoms with van der Waals surface area (Å²) in [6, 6.07) is 6.70. The highest BCUT2D eigenvalue weighted by atomic mass is 32.2. The Labute approximate surface area is 112 Å². The van der Waals surface area contributed by atoms with Crippen LogP contribution in [0.5, 0.6) is 5.75 Å². The number of nitrogens with one attached hydrogen (secondary N) is 1.